The molecule has 2 N–H and O–H groups in total. The van der Waals surface area contributed by atoms with Gasteiger partial charge >= 0.3 is 0 Å². The minimum Gasteiger partial charge on any atom is -0.508 e. The Morgan fingerprint density at radius 3 is 2.57 bits per heavy atom. The molecule has 0 aromatic heterocycles. The van der Waals surface area contributed by atoms with E-state index in [9.17, 15) is 10.2 Å². The summed E-state index contributed by atoms with van der Waals surface area (Å²) in [6.07, 6.45) is 17.9. The molecule has 3 aliphatic rings. The zero-order chi connectivity index (χ0) is 19.7. The molecule has 0 saturated heterocycles. The number of aliphatic hydroxyl groups is 1. The van der Waals surface area contributed by atoms with Gasteiger partial charge in [0, 0.05) is 5.41 Å². The Labute approximate surface area is 169 Å². The Balaban J connectivity index is 1.87. The predicted molar refractivity (Wildman–Crippen MR) is 116 cm³/mol. The number of benzene rings is 1. The van der Waals surface area contributed by atoms with Crippen molar-refractivity contribution < 1.29 is 10.2 Å². The van der Waals surface area contributed by atoms with Gasteiger partial charge in [0.25, 0.3) is 0 Å². The topological polar surface area (TPSA) is 40.5 Å². The summed E-state index contributed by atoms with van der Waals surface area (Å²) in [4.78, 5) is 0. The van der Waals surface area contributed by atoms with Crippen LogP contribution in [0, 0.1) is 18.8 Å². The quantitative estimate of drug-likeness (QED) is 0.554. The Morgan fingerprint density at radius 1 is 1.00 bits per heavy atom. The van der Waals surface area contributed by atoms with Gasteiger partial charge in [-0.3, -0.25) is 0 Å². The van der Waals surface area contributed by atoms with Crippen molar-refractivity contribution in [2.45, 2.75) is 77.0 Å². The number of phenols is 1. The van der Waals surface area contributed by atoms with E-state index < -0.39 is 0 Å². The lowest BCUT2D eigenvalue weighted by Crippen LogP contribution is -2.45. The van der Waals surface area contributed by atoms with Crippen LogP contribution in [0.1, 0.15) is 75.8 Å². The van der Waals surface area contributed by atoms with E-state index in [0.29, 0.717) is 23.3 Å². The first-order chi connectivity index (χ1) is 13.5. The van der Waals surface area contributed by atoms with Crippen molar-refractivity contribution in [1.29, 1.82) is 0 Å². The molecule has 3 aliphatic carbocycles. The number of aryl methyl sites for hydroxylation is 1. The molecular weight excluding hydrogens is 344 g/mol. The van der Waals surface area contributed by atoms with Crippen LogP contribution in [0.3, 0.4) is 0 Å². The van der Waals surface area contributed by atoms with E-state index in [1.807, 2.05) is 26.0 Å². The highest BCUT2D eigenvalue weighted by Gasteiger charge is 2.48. The molecule has 0 amide bonds. The maximum atomic E-state index is 10.2. The van der Waals surface area contributed by atoms with Crippen LogP contribution in [0.5, 0.6) is 5.75 Å². The third-order valence-electron chi connectivity index (χ3n) is 7.55. The second-order valence-corrected chi connectivity index (χ2v) is 9.15. The van der Waals surface area contributed by atoms with Crippen LogP contribution in [0.15, 0.2) is 53.3 Å². The zero-order valence-corrected chi connectivity index (χ0v) is 17.4. The molecule has 2 nitrogen and oxygen atoms in total. The number of rotatable bonds is 3. The summed E-state index contributed by atoms with van der Waals surface area (Å²) >= 11 is 0. The van der Waals surface area contributed by atoms with Crippen LogP contribution in [0.4, 0.5) is 0 Å². The maximum absolute atomic E-state index is 10.2. The summed E-state index contributed by atoms with van der Waals surface area (Å²) in [7, 11) is 0. The van der Waals surface area contributed by atoms with E-state index in [1.165, 1.54) is 56.9 Å². The molecule has 1 saturated carbocycles. The van der Waals surface area contributed by atoms with Crippen LogP contribution in [-0.4, -0.2) is 10.2 Å². The largest absolute Gasteiger partial charge is 0.508 e. The Hall–Kier alpha value is -1.96. The lowest BCUT2D eigenvalue weighted by molar-refractivity contribution is 0.151. The molecular formula is C26H34O2. The van der Waals surface area contributed by atoms with Gasteiger partial charge < -0.3 is 10.2 Å². The fourth-order valence-corrected chi connectivity index (χ4v) is 6.06. The summed E-state index contributed by atoms with van der Waals surface area (Å²) < 4.78 is 0. The zero-order valence-electron chi connectivity index (χ0n) is 17.4. The van der Waals surface area contributed by atoms with Gasteiger partial charge in [-0.2, -0.15) is 0 Å². The van der Waals surface area contributed by atoms with E-state index >= 15 is 0 Å². The van der Waals surface area contributed by atoms with Gasteiger partial charge in [0.2, 0.25) is 0 Å². The Bertz CT molecular complexity index is 829. The molecule has 150 valence electrons. The second kappa shape index (κ2) is 7.81. The van der Waals surface area contributed by atoms with Crippen LogP contribution < -0.4 is 0 Å². The molecule has 0 aliphatic heterocycles. The minimum absolute atomic E-state index is 0.0539. The van der Waals surface area contributed by atoms with Crippen molar-refractivity contribution in [2.24, 2.45) is 11.8 Å². The van der Waals surface area contributed by atoms with Crippen molar-refractivity contribution in [3.63, 3.8) is 0 Å². The van der Waals surface area contributed by atoms with E-state index in [1.54, 1.807) is 5.57 Å². The third-order valence-corrected chi connectivity index (χ3v) is 7.55. The first-order valence-electron chi connectivity index (χ1n) is 11.1. The molecule has 3 unspecified atom stereocenters. The molecule has 4 rings (SSSR count). The summed E-state index contributed by atoms with van der Waals surface area (Å²) in [5.74, 6) is 1.78. The molecule has 0 heterocycles. The first-order valence-corrected chi connectivity index (χ1v) is 11.1. The minimum atomic E-state index is 0.0539. The van der Waals surface area contributed by atoms with Gasteiger partial charge in [0.15, 0.2) is 0 Å². The predicted octanol–water partition coefficient (Wildman–Crippen LogP) is 7.04. The van der Waals surface area contributed by atoms with E-state index in [-0.39, 0.29) is 5.41 Å². The monoisotopic (exact) mass is 378 g/mol. The molecule has 0 bridgehead atoms. The normalized spacial score (nSPS) is 31.0. The fourth-order valence-electron chi connectivity index (χ4n) is 6.06. The first kappa shape index (κ1) is 19.4. The van der Waals surface area contributed by atoms with Gasteiger partial charge in [0.1, 0.15) is 11.5 Å². The Morgan fingerprint density at radius 2 is 1.86 bits per heavy atom. The molecule has 1 aromatic rings. The fraction of sp³-hybridized carbons (Fsp3) is 0.538. The molecule has 3 atom stereocenters. The highest BCUT2D eigenvalue weighted by molar-refractivity contribution is 5.43. The highest BCUT2D eigenvalue weighted by atomic mass is 16.3. The number of hydrogen-bond acceptors (Lipinski definition) is 2. The van der Waals surface area contributed by atoms with Crippen molar-refractivity contribution in [2.75, 3.05) is 0 Å². The molecule has 0 radical (unpaired) electrons. The van der Waals surface area contributed by atoms with Gasteiger partial charge in [0.05, 0.1) is 0 Å². The van der Waals surface area contributed by atoms with Crippen molar-refractivity contribution >= 4 is 0 Å². The molecule has 28 heavy (non-hydrogen) atoms. The number of allylic oxidation sites excluding steroid dienone is 5. The van der Waals surface area contributed by atoms with Crippen molar-refractivity contribution in [1.82, 2.24) is 0 Å². The standard InChI is InChI=1S/C26H34O2/c1-18-16-21(11-13-24(18)27)26(22-12-14-25(28)19(2)17-22)15-7-6-10-23(26)20-8-4-3-5-9-20/h8,11,13-14,16-17,22-23,27-28H,3-7,9-10,12,15H2,1-2H3. The number of aliphatic hydroxyl groups excluding tert-OH is 1. The molecule has 1 aromatic carbocycles. The SMILES string of the molecule is CC1=CC(C2(c3ccc(O)c(C)c3)CCCCC2C2=CCCCC2)CC=C1O. The summed E-state index contributed by atoms with van der Waals surface area (Å²) in [5.41, 5.74) is 5.07. The number of hydrogen-bond donors (Lipinski definition) is 2. The average molecular weight is 379 g/mol. The number of phenolic OH excluding ortho intramolecular Hbond substituents is 1. The van der Waals surface area contributed by atoms with Crippen LogP contribution >= 0.6 is 0 Å². The smallest absolute Gasteiger partial charge is 0.118 e. The van der Waals surface area contributed by atoms with Gasteiger partial charge in [-0.05, 0) is 99.5 Å². The highest BCUT2D eigenvalue weighted by Crippen LogP contribution is 2.55. The lowest BCUT2D eigenvalue weighted by Gasteiger charge is -2.51. The Kier molecular flexibility index (Phi) is 5.40. The van der Waals surface area contributed by atoms with Crippen LogP contribution in [0.25, 0.3) is 0 Å². The molecule has 1 fully saturated rings. The average Bonchev–Trinajstić information content (AvgIpc) is 2.72. The third kappa shape index (κ3) is 3.32. The summed E-state index contributed by atoms with van der Waals surface area (Å²) in [6.45, 7) is 4.05. The molecule has 2 heteroatoms. The maximum Gasteiger partial charge on any atom is 0.118 e. The van der Waals surface area contributed by atoms with Crippen molar-refractivity contribution in [3.8, 4) is 5.75 Å². The molecule has 0 spiro atoms. The van der Waals surface area contributed by atoms with Gasteiger partial charge in [-0.25, -0.2) is 0 Å². The van der Waals surface area contributed by atoms with E-state index in [4.69, 9.17) is 0 Å². The van der Waals surface area contributed by atoms with Crippen LogP contribution in [-0.2, 0) is 5.41 Å². The second-order valence-electron chi connectivity index (χ2n) is 9.15. The summed E-state index contributed by atoms with van der Waals surface area (Å²) in [5, 5.41) is 20.4. The van der Waals surface area contributed by atoms with Crippen molar-refractivity contribution in [3.05, 3.63) is 64.5 Å². The summed E-state index contributed by atoms with van der Waals surface area (Å²) in [6, 6.07) is 6.30. The number of aromatic hydroxyl groups is 1. The van der Waals surface area contributed by atoms with Crippen LogP contribution in [0.2, 0.25) is 0 Å². The van der Waals surface area contributed by atoms with E-state index in [2.05, 4.69) is 24.3 Å². The van der Waals surface area contributed by atoms with Gasteiger partial charge in [-0.15, -0.1) is 0 Å². The van der Waals surface area contributed by atoms with E-state index in [0.717, 1.165) is 17.6 Å². The van der Waals surface area contributed by atoms with Gasteiger partial charge in [-0.1, -0.05) is 42.7 Å². The lowest BCUT2D eigenvalue weighted by atomic mass is 9.52.